The van der Waals surface area contributed by atoms with E-state index in [1.807, 2.05) is 31.2 Å². The second-order valence-electron chi connectivity index (χ2n) is 6.47. The number of likely N-dealkylation sites (N-methyl/N-ethyl adjacent to an activating group) is 1. The Bertz CT molecular complexity index is 871. The molecule has 0 saturated heterocycles. The summed E-state index contributed by atoms with van der Waals surface area (Å²) in [5.74, 6) is -0.140. The van der Waals surface area contributed by atoms with Crippen LogP contribution in [0.2, 0.25) is 0 Å². The smallest absolute Gasteiger partial charge is 0.271 e. The third-order valence-corrected chi connectivity index (χ3v) is 4.42. The Kier molecular flexibility index (Phi) is 7.90. The van der Waals surface area contributed by atoms with Gasteiger partial charge in [-0.1, -0.05) is 19.1 Å². The van der Waals surface area contributed by atoms with Crippen molar-refractivity contribution in [1.82, 2.24) is 20.6 Å². The average Bonchev–Trinajstić information content (AvgIpc) is 2.72. The predicted molar refractivity (Wildman–Crippen MR) is 111 cm³/mol. The van der Waals surface area contributed by atoms with Crippen LogP contribution >= 0.6 is 0 Å². The maximum Gasteiger partial charge on any atom is 0.271 e. The van der Waals surface area contributed by atoms with Crippen LogP contribution in [0, 0.1) is 0 Å². The number of methoxy groups -OCH3 is 1. The number of nitrogens with two attached hydrogens (primary N) is 1. The maximum atomic E-state index is 11.8. The summed E-state index contributed by atoms with van der Waals surface area (Å²) in [6.07, 6.45) is 1.22. The number of carbonyl (C=O) groups excluding carboxylic acids is 2. The molecule has 0 aliphatic rings. The van der Waals surface area contributed by atoms with Crippen LogP contribution in [-0.2, 0) is 17.6 Å². The molecule has 0 spiro atoms. The Morgan fingerprint density at radius 3 is 2.66 bits per heavy atom. The van der Waals surface area contributed by atoms with Gasteiger partial charge in [-0.2, -0.15) is 4.98 Å². The number of anilines is 2. The van der Waals surface area contributed by atoms with Crippen molar-refractivity contribution in [3.63, 3.8) is 0 Å². The van der Waals surface area contributed by atoms with Gasteiger partial charge in [0.2, 0.25) is 11.8 Å². The van der Waals surface area contributed by atoms with E-state index in [0.29, 0.717) is 31.0 Å². The fourth-order valence-electron chi connectivity index (χ4n) is 2.66. The molecule has 2 amide bonds. The highest BCUT2D eigenvalue weighted by Gasteiger charge is 2.17. The summed E-state index contributed by atoms with van der Waals surface area (Å²) in [5, 5.41) is 8.87. The first-order chi connectivity index (χ1) is 13.9. The first-order valence-electron chi connectivity index (χ1n) is 9.45. The maximum absolute atomic E-state index is 11.8. The first-order valence-corrected chi connectivity index (χ1v) is 9.45. The molecule has 1 unspecified atom stereocenters. The van der Waals surface area contributed by atoms with Crippen molar-refractivity contribution in [2.24, 2.45) is 5.73 Å². The molecule has 0 fully saturated rings. The summed E-state index contributed by atoms with van der Waals surface area (Å²) >= 11 is 0. The molecular formula is C20H28N6O3. The highest BCUT2D eigenvalue weighted by Crippen LogP contribution is 2.24. The number of amides is 2. The number of nitrogens with zero attached hydrogens (tertiary/aromatic N) is 2. The molecule has 0 saturated carbocycles. The van der Waals surface area contributed by atoms with Crippen molar-refractivity contribution < 1.29 is 14.3 Å². The minimum atomic E-state index is -0.671. The van der Waals surface area contributed by atoms with Gasteiger partial charge in [0.25, 0.3) is 5.91 Å². The van der Waals surface area contributed by atoms with Gasteiger partial charge < -0.3 is 26.4 Å². The molecular weight excluding hydrogens is 372 g/mol. The predicted octanol–water partition coefficient (Wildman–Crippen LogP) is 1.16. The van der Waals surface area contributed by atoms with E-state index in [1.165, 1.54) is 7.11 Å². The van der Waals surface area contributed by atoms with Gasteiger partial charge in [0, 0.05) is 12.2 Å². The quantitative estimate of drug-likeness (QED) is 0.470. The number of carbonyl (C=O) groups is 2. The molecule has 1 heterocycles. The number of hydrogen-bond donors (Lipinski definition) is 4. The number of rotatable bonds is 10. The lowest BCUT2D eigenvalue weighted by Crippen LogP contribution is -2.41. The monoisotopic (exact) mass is 400 g/mol. The van der Waals surface area contributed by atoms with Gasteiger partial charge in [-0.3, -0.25) is 9.59 Å². The third kappa shape index (κ3) is 5.89. The van der Waals surface area contributed by atoms with Gasteiger partial charge >= 0.3 is 0 Å². The van der Waals surface area contributed by atoms with E-state index < -0.39 is 5.91 Å². The Morgan fingerprint density at radius 2 is 2.03 bits per heavy atom. The zero-order valence-electron chi connectivity index (χ0n) is 17.2. The molecule has 1 aromatic carbocycles. The standard InChI is InChI=1S/C20H28N6O3/c1-5-15-20(29-4)26-18(16(25-15)17(21)27)24-14-8-6-7-13(11-14)9-10-23-19(28)12(2)22-3/h6-8,11-12,22H,5,9-10H2,1-4H3,(H2,21,27)(H,23,28)(H,24,26). The summed E-state index contributed by atoms with van der Waals surface area (Å²) in [4.78, 5) is 32.3. The number of nitrogens with one attached hydrogen (secondary N) is 3. The highest BCUT2D eigenvalue weighted by atomic mass is 16.5. The second kappa shape index (κ2) is 10.4. The molecule has 0 aliphatic carbocycles. The number of ether oxygens (including phenoxy) is 1. The van der Waals surface area contributed by atoms with Crippen molar-refractivity contribution in [3.05, 3.63) is 41.2 Å². The molecule has 1 atom stereocenters. The van der Waals surface area contributed by atoms with Crippen molar-refractivity contribution in [1.29, 1.82) is 0 Å². The minimum absolute atomic E-state index is 0.0498. The molecule has 156 valence electrons. The van der Waals surface area contributed by atoms with Crippen molar-refractivity contribution in [3.8, 4) is 5.88 Å². The van der Waals surface area contributed by atoms with Gasteiger partial charge in [-0.15, -0.1) is 0 Å². The summed E-state index contributed by atoms with van der Waals surface area (Å²) in [6.45, 7) is 4.21. The Balaban J connectivity index is 2.15. The van der Waals surface area contributed by atoms with E-state index >= 15 is 0 Å². The zero-order valence-corrected chi connectivity index (χ0v) is 17.2. The van der Waals surface area contributed by atoms with Crippen molar-refractivity contribution >= 4 is 23.3 Å². The van der Waals surface area contributed by atoms with Crippen LogP contribution in [0.4, 0.5) is 11.5 Å². The normalized spacial score (nSPS) is 11.6. The largest absolute Gasteiger partial charge is 0.480 e. The second-order valence-corrected chi connectivity index (χ2v) is 6.47. The molecule has 0 aliphatic heterocycles. The average molecular weight is 400 g/mol. The van der Waals surface area contributed by atoms with Crippen LogP contribution in [0.3, 0.4) is 0 Å². The van der Waals surface area contributed by atoms with Gasteiger partial charge in [0.15, 0.2) is 11.5 Å². The van der Waals surface area contributed by atoms with Crippen molar-refractivity contribution in [2.75, 3.05) is 26.0 Å². The first kappa shape index (κ1) is 22.1. The zero-order chi connectivity index (χ0) is 21.4. The number of benzene rings is 1. The van der Waals surface area contributed by atoms with E-state index in [4.69, 9.17) is 10.5 Å². The molecule has 2 rings (SSSR count). The minimum Gasteiger partial charge on any atom is -0.480 e. The lowest BCUT2D eigenvalue weighted by Gasteiger charge is -2.14. The fraction of sp³-hybridized carbons (Fsp3) is 0.400. The van der Waals surface area contributed by atoms with Gasteiger partial charge in [-0.05, 0) is 44.5 Å². The number of hydrogen-bond acceptors (Lipinski definition) is 7. The number of primary amides is 1. The molecule has 5 N–H and O–H groups in total. The van der Waals surface area contributed by atoms with E-state index in [0.717, 1.165) is 11.3 Å². The van der Waals surface area contributed by atoms with Gasteiger partial charge in [0.05, 0.1) is 13.2 Å². The lowest BCUT2D eigenvalue weighted by atomic mass is 10.1. The number of aromatic nitrogens is 2. The molecule has 2 aromatic rings. The Labute approximate surface area is 170 Å². The van der Waals surface area contributed by atoms with E-state index in [1.54, 1.807) is 14.0 Å². The third-order valence-electron chi connectivity index (χ3n) is 4.42. The summed E-state index contributed by atoms with van der Waals surface area (Å²) in [7, 11) is 3.24. The molecule has 9 nitrogen and oxygen atoms in total. The van der Waals surface area contributed by atoms with Crippen LogP contribution in [0.15, 0.2) is 24.3 Å². The van der Waals surface area contributed by atoms with Gasteiger partial charge in [0.1, 0.15) is 5.69 Å². The highest BCUT2D eigenvalue weighted by molar-refractivity contribution is 5.96. The van der Waals surface area contributed by atoms with E-state index in [9.17, 15) is 9.59 Å². The fourth-order valence-corrected chi connectivity index (χ4v) is 2.66. The van der Waals surface area contributed by atoms with E-state index in [-0.39, 0.29) is 23.5 Å². The molecule has 1 aromatic heterocycles. The van der Waals surface area contributed by atoms with Crippen LogP contribution in [-0.4, -0.2) is 48.5 Å². The molecule has 0 radical (unpaired) electrons. The SMILES string of the molecule is CCc1nc(C(N)=O)c(Nc2cccc(CCNC(=O)C(C)NC)c2)nc1OC. The van der Waals surface area contributed by atoms with E-state index in [2.05, 4.69) is 25.9 Å². The van der Waals surface area contributed by atoms with Crippen LogP contribution in [0.1, 0.15) is 35.6 Å². The Hall–Kier alpha value is -3.20. The Morgan fingerprint density at radius 1 is 1.28 bits per heavy atom. The summed E-state index contributed by atoms with van der Waals surface area (Å²) in [5.41, 5.74) is 7.83. The number of aryl methyl sites for hydroxylation is 1. The summed E-state index contributed by atoms with van der Waals surface area (Å²) in [6, 6.07) is 7.36. The van der Waals surface area contributed by atoms with Crippen molar-refractivity contribution in [2.45, 2.75) is 32.7 Å². The molecule has 9 heteroatoms. The molecule has 0 bridgehead atoms. The molecule has 29 heavy (non-hydrogen) atoms. The van der Waals surface area contributed by atoms with Crippen LogP contribution in [0.25, 0.3) is 0 Å². The lowest BCUT2D eigenvalue weighted by molar-refractivity contribution is -0.122. The van der Waals surface area contributed by atoms with Crippen LogP contribution < -0.4 is 26.4 Å². The topological polar surface area (TPSA) is 131 Å². The van der Waals surface area contributed by atoms with Gasteiger partial charge in [-0.25, -0.2) is 4.98 Å². The summed E-state index contributed by atoms with van der Waals surface area (Å²) < 4.78 is 5.27. The van der Waals surface area contributed by atoms with Crippen LogP contribution in [0.5, 0.6) is 5.88 Å².